The van der Waals surface area contributed by atoms with Crippen LogP contribution in [0.2, 0.25) is 0 Å². The lowest BCUT2D eigenvalue weighted by Gasteiger charge is -2.11. The van der Waals surface area contributed by atoms with Gasteiger partial charge < -0.3 is 20.3 Å². The van der Waals surface area contributed by atoms with E-state index in [1.807, 2.05) is 12.1 Å². The first kappa shape index (κ1) is 16.9. The molecular formula is C17H20N2O4. The average molecular weight is 316 g/mol. The molecule has 0 bridgehead atoms. The Bertz CT molecular complexity index is 643. The van der Waals surface area contributed by atoms with Gasteiger partial charge in [0.05, 0.1) is 13.2 Å². The van der Waals surface area contributed by atoms with E-state index in [1.165, 1.54) is 0 Å². The zero-order chi connectivity index (χ0) is 16.7. The normalized spacial score (nSPS) is 11.8. The monoisotopic (exact) mass is 316 g/mol. The Balaban J connectivity index is 2.12. The van der Waals surface area contributed by atoms with Crippen LogP contribution in [0.15, 0.2) is 42.6 Å². The quantitative estimate of drug-likeness (QED) is 0.758. The van der Waals surface area contributed by atoms with Crippen LogP contribution in [0, 0.1) is 0 Å². The van der Waals surface area contributed by atoms with E-state index >= 15 is 0 Å². The summed E-state index contributed by atoms with van der Waals surface area (Å²) in [6, 6.07) is 10.2. The summed E-state index contributed by atoms with van der Waals surface area (Å²) in [4.78, 5) is 16.0. The fourth-order valence-corrected chi connectivity index (χ4v) is 2.01. The van der Waals surface area contributed by atoms with Crippen molar-refractivity contribution in [1.82, 2.24) is 4.98 Å². The molecule has 0 amide bonds. The van der Waals surface area contributed by atoms with Gasteiger partial charge >= 0.3 is 5.97 Å². The predicted molar refractivity (Wildman–Crippen MR) is 85.5 cm³/mol. The predicted octanol–water partition coefficient (Wildman–Crippen LogP) is 1.91. The zero-order valence-electron chi connectivity index (χ0n) is 12.9. The summed E-state index contributed by atoms with van der Waals surface area (Å²) < 4.78 is 10.7. The topological polar surface area (TPSA) is 94.7 Å². The summed E-state index contributed by atoms with van der Waals surface area (Å²) in [6.45, 7) is 1.96. The molecule has 0 fully saturated rings. The number of aromatic nitrogens is 1. The number of hydrogen-bond acceptors (Lipinski definition) is 6. The van der Waals surface area contributed by atoms with Gasteiger partial charge in [0.25, 0.3) is 0 Å². The van der Waals surface area contributed by atoms with Gasteiger partial charge in [-0.1, -0.05) is 12.1 Å². The fourth-order valence-electron chi connectivity index (χ4n) is 2.01. The molecule has 0 unspecified atom stereocenters. The molecule has 0 spiro atoms. The Morgan fingerprint density at radius 1 is 1.30 bits per heavy atom. The van der Waals surface area contributed by atoms with Crippen molar-refractivity contribution in [3.63, 3.8) is 0 Å². The Morgan fingerprint density at radius 3 is 2.70 bits per heavy atom. The van der Waals surface area contributed by atoms with E-state index in [0.717, 1.165) is 5.56 Å². The second-order valence-electron chi connectivity index (χ2n) is 4.97. The molecule has 1 aromatic carbocycles. The SMILES string of the molecule is CCOC(=O)c1cccnc1Oc1ccc(C[C@H](N)CO)cc1. The summed E-state index contributed by atoms with van der Waals surface area (Å²) in [5, 5.41) is 8.97. The number of esters is 1. The number of ether oxygens (including phenoxy) is 2. The van der Waals surface area contributed by atoms with Gasteiger partial charge in [0.15, 0.2) is 0 Å². The van der Waals surface area contributed by atoms with Gasteiger partial charge in [-0.25, -0.2) is 9.78 Å². The number of carbonyl (C=O) groups is 1. The maximum Gasteiger partial charge on any atom is 0.343 e. The number of nitrogens with zero attached hydrogens (tertiary/aromatic N) is 1. The lowest BCUT2D eigenvalue weighted by molar-refractivity contribution is 0.0522. The van der Waals surface area contributed by atoms with Crippen LogP contribution in [0.4, 0.5) is 0 Å². The highest BCUT2D eigenvalue weighted by Gasteiger charge is 2.15. The summed E-state index contributed by atoms with van der Waals surface area (Å²) >= 11 is 0. The third kappa shape index (κ3) is 4.77. The number of aliphatic hydroxyl groups excluding tert-OH is 1. The maximum atomic E-state index is 11.9. The van der Waals surface area contributed by atoms with Crippen LogP contribution >= 0.6 is 0 Å². The molecule has 1 heterocycles. The van der Waals surface area contributed by atoms with Crippen LogP contribution in [-0.4, -0.2) is 35.3 Å². The summed E-state index contributed by atoms with van der Waals surface area (Å²) in [6.07, 6.45) is 2.13. The Labute approximate surface area is 134 Å². The minimum Gasteiger partial charge on any atom is -0.462 e. The number of hydrogen-bond donors (Lipinski definition) is 2. The highest BCUT2D eigenvalue weighted by molar-refractivity contribution is 5.91. The van der Waals surface area contributed by atoms with Crippen molar-refractivity contribution in [2.75, 3.05) is 13.2 Å². The third-order valence-corrected chi connectivity index (χ3v) is 3.14. The van der Waals surface area contributed by atoms with Crippen molar-refractivity contribution < 1.29 is 19.4 Å². The lowest BCUT2D eigenvalue weighted by Crippen LogP contribution is -2.26. The van der Waals surface area contributed by atoms with Crippen molar-refractivity contribution >= 4 is 5.97 Å². The van der Waals surface area contributed by atoms with Crippen molar-refractivity contribution in [2.45, 2.75) is 19.4 Å². The molecule has 1 aromatic heterocycles. The van der Waals surface area contributed by atoms with Crippen LogP contribution in [0.25, 0.3) is 0 Å². The van der Waals surface area contributed by atoms with E-state index in [4.69, 9.17) is 20.3 Å². The Kier molecular flexibility index (Phi) is 6.08. The van der Waals surface area contributed by atoms with E-state index in [2.05, 4.69) is 4.98 Å². The Morgan fingerprint density at radius 2 is 2.04 bits per heavy atom. The minimum atomic E-state index is -0.471. The van der Waals surface area contributed by atoms with Gasteiger partial charge in [-0.3, -0.25) is 0 Å². The molecule has 6 nitrogen and oxygen atoms in total. The van der Waals surface area contributed by atoms with Gasteiger partial charge in [-0.2, -0.15) is 0 Å². The van der Waals surface area contributed by atoms with Crippen LogP contribution in [-0.2, 0) is 11.2 Å². The zero-order valence-corrected chi connectivity index (χ0v) is 12.9. The molecule has 23 heavy (non-hydrogen) atoms. The third-order valence-electron chi connectivity index (χ3n) is 3.14. The smallest absolute Gasteiger partial charge is 0.343 e. The van der Waals surface area contributed by atoms with Crippen molar-refractivity contribution in [2.24, 2.45) is 5.73 Å². The molecule has 0 aliphatic rings. The molecule has 3 N–H and O–H groups in total. The standard InChI is InChI=1S/C17H20N2O4/c1-2-22-17(21)15-4-3-9-19-16(15)23-14-7-5-12(6-8-14)10-13(18)11-20/h3-9,13,20H,2,10-11,18H2,1H3/t13-/m0/s1. The van der Waals surface area contributed by atoms with Gasteiger partial charge in [-0.05, 0) is 43.2 Å². The van der Waals surface area contributed by atoms with E-state index in [9.17, 15) is 4.79 Å². The van der Waals surface area contributed by atoms with Crippen molar-refractivity contribution in [3.05, 3.63) is 53.7 Å². The van der Waals surface area contributed by atoms with Crippen molar-refractivity contribution in [3.8, 4) is 11.6 Å². The molecular weight excluding hydrogens is 296 g/mol. The van der Waals surface area contributed by atoms with Crippen LogP contribution < -0.4 is 10.5 Å². The maximum absolute atomic E-state index is 11.9. The molecule has 122 valence electrons. The molecule has 6 heteroatoms. The highest BCUT2D eigenvalue weighted by Crippen LogP contribution is 2.24. The number of nitrogens with two attached hydrogens (primary N) is 1. The van der Waals surface area contributed by atoms with Crippen LogP contribution in [0.1, 0.15) is 22.8 Å². The molecule has 0 aliphatic heterocycles. The Hall–Kier alpha value is -2.44. The molecule has 1 atom stereocenters. The first-order chi connectivity index (χ1) is 11.1. The lowest BCUT2D eigenvalue weighted by atomic mass is 10.1. The molecule has 0 saturated heterocycles. The second-order valence-corrected chi connectivity index (χ2v) is 4.97. The number of benzene rings is 1. The largest absolute Gasteiger partial charge is 0.462 e. The van der Waals surface area contributed by atoms with Gasteiger partial charge in [0.2, 0.25) is 5.88 Å². The second kappa shape index (κ2) is 8.26. The summed E-state index contributed by atoms with van der Waals surface area (Å²) in [5.41, 5.74) is 6.98. The summed E-state index contributed by atoms with van der Waals surface area (Å²) in [7, 11) is 0. The van der Waals surface area contributed by atoms with Crippen LogP contribution in [0.3, 0.4) is 0 Å². The molecule has 2 aromatic rings. The minimum absolute atomic E-state index is 0.0604. The average Bonchev–Trinajstić information content (AvgIpc) is 2.57. The molecule has 2 rings (SSSR count). The first-order valence-corrected chi connectivity index (χ1v) is 7.39. The number of rotatable bonds is 7. The van der Waals surface area contributed by atoms with Gasteiger partial charge in [-0.15, -0.1) is 0 Å². The first-order valence-electron chi connectivity index (χ1n) is 7.39. The fraction of sp³-hybridized carbons (Fsp3) is 0.294. The number of aliphatic hydroxyl groups is 1. The van der Waals surface area contributed by atoms with E-state index in [-0.39, 0.29) is 30.7 Å². The van der Waals surface area contributed by atoms with E-state index < -0.39 is 5.97 Å². The molecule has 0 radical (unpaired) electrons. The molecule has 0 saturated carbocycles. The van der Waals surface area contributed by atoms with Crippen LogP contribution in [0.5, 0.6) is 11.6 Å². The number of carbonyl (C=O) groups excluding carboxylic acids is 1. The molecule has 0 aliphatic carbocycles. The van der Waals surface area contributed by atoms with E-state index in [1.54, 1.807) is 37.4 Å². The number of pyridine rings is 1. The van der Waals surface area contributed by atoms with Gasteiger partial charge in [0, 0.05) is 12.2 Å². The van der Waals surface area contributed by atoms with Gasteiger partial charge in [0.1, 0.15) is 11.3 Å². The summed E-state index contributed by atoms with van der Waals surface area (Å²) in [5.74, 6) is 0.280. The highest BCUT2D eigenvalue weighted by atomic mass is 16.5. The van der Waals surface area contributed by atoms with E-state index in [0.29, 0.717) is 12.2 Å². The van der Waals surface area contributed by atoms with Crippen molar-refractivity contribution in [1.29, 1.82) is 0 Å².